The Kier molecular flexibility index (Phi) is 8.26. The van der Waals surface area contributed by atoms with Crippen molar-refractivity contribution in [1.82, 2.24) is 9.78 Å². The Morgan fingerprint density at radius 2 is 1.68 bits per heavy atom. The number of amides is 1. The summed E-state index contributed by atoms with van der Waals surface area (Å²) in [5.74, 6) is 1.60. The van der Waals surface area contributed by atoms with Gasteiger partial charge in [0.05, 0.1) is 42.9 Å². The molecule has 0 aliphatic carbocycles. The quantitative estimate of drug-likeness (QED) is 0.256. The third-order valence-corrected chi connectivity index (χ3v) is 6.41. The van der Waals surface area contributed by atoms with Crippen molar-refractivity contribution in [2.45, 2.75) is 27.0 Å². The van der Waals surface area contributed by atoms with E-state index in [4.69, 9.17) is 37.4 Å². The second kappa shape index (κ2) is 11.6. The molecule has 0 unspecified atom stereocenters. The van der Waals surface area contributed by atoms with E-state index in [1.807, 2.05) is 48.9 Å². The molecule has 4 rings (SSSR count). The Morgan fingerprint density at radius 3 is 2.41 bits per heavy atom. The molecule has 0 fully saturated rings. The minimum absolute atomic E-state index is 0.233. The number of nitrogens with one attached hydrogen (secondary N) is 1. The third-order valence-electron chi connectivity index (χ3n) is 5.88. The maximum Gasteiger partial charge on any atom is 0.255 e. The van der Waals surface area contributed by atoms with Crippen molar-refractivity contribution in [3.8, 4) is 17.2 Å². The monoisotopic (exact) mass is 539 g/mol. The van der Waals surface area contributed by atoms with E-state index in [-0.39, 0.29) is 12.5 Å². The van der Waals surface area contributed by atoms with Crippen LogP contribution in [0.25, 0.3) is 0 Å². The summed E-state index contributed by atoms with van der Waals surface area (Å²) in [6, 6.07) is 18.0. The van der Waals surface area contributed by atoms with Crippen molar-refractivity contribution < 1.29 is 19.0 Å². The van der Waals surface area contributed by atoms with Gasteiger partial charge in [-0.3, -0.25) is 9.48 Å². The number of anilines is 1. The van der Waals surface area contributed by atoms with E-state index in [0.717, 1.165) is 22.5 Å². The Hall–Kier alpha value is -3.68. The highest BCUT2D eigenvalue weighted by Gasteiger charge is 2.17. The lowest BCUT2D eigenvalue weighted by Crippen LogP contribution is -2.14. The summed E-state index contributed by atoms with van der Waals surface area (Å²) in [7, 11) is 3.21. The van der Waals surface area contributed by atoms with Gasteiger partial charge in [-0.05, 0) is 67.4 Å². The molecule has 0 saturated carbocycles. The number of hydrogen-bond donors (Lipinski definition) is 1. The zero-order valence-electron chi connectivity index (χ0n) is 21.0. The van der Waals surface area contributed by atoms with Crippen LogP contribution in [0.4, 0.5) is 5.69 Å². The Labute approximate surface area is 225 Å². The van der Waals surface area contributed by atoms with Crippen LogP contribution >= 0.6 is 23.2 Å². The molecule has 0 atom stereocenters. The SMILES string of the molecule is COc1ccc(Cn2nc(C)c(NC(=O)c3cccc(COc4ccc(Cl)cc4Cl)c3)c2C)cc1OC. The number of benzene rings is 3. The van der Waals surface area contributed by atoms with Gasteiger partial charge in [0.15, 0.2) is 11.5 Å². The molecular formula is C28H27Cl2N3O4. The van der Waals surface area contributed by atoms with Crippen LogP contribution < -0.4 is 19.5 Å². The number of halogens is 2. The van der Waals surface area contributed by atoms with Crippen LogP contribution in [0.1, 0.15) is 32.9 Å². The normalized spacial score (nSPS) is 10.8. The summed E-state index contributed by atoms with van der Waals surface area (Å²) in [6.07, 6.45) is 0. The smallest absolute Gasteiger partial charge is 0.255 e. The highest BCUT2D eigenvalue weighted by atomic mass is 35.5. The van der Waals surface area contributed by atoms with Crippen LogP contribution in [0.3, 0.4) is 0 Å². The molecule has 0 aliphatic rings. The van der Waals surface area contributed by atoms with Crippen LogP contribution in [0.5, 0.6) is 17.2 Å². The van der Waals surface area contributed by atoms with Gasteiger partial charge in [0.25, 0.3) is 5.91 Å². The first-order chi connectivity index (χ1) is 17.8. The minimum atomic E-state index is -0.233. The Bertz CT molecular complexity index is 1440. The lowest BCUT2D eigenvalue weighted by molar-refractivity contribution is 0.102. The average Bonchev–Trinajstić information content (AvgIpc) is 3.15. The lowest BCUT2D eigenvalue weighted by atomic mass is 10.1. The first kappa shape index (κ1) is 26.4. The molecule has 4 aromatic rings. The molecule has 1 N–H and O–H groups in total. The van der Waals surface area contributed by atoms with E-state index in [1.54, 1.807) is 44.6 Å². The van der Waals surface area contributed by atoms with Gasteiger partial charge in [-0.2, -0.15) is 5.10 Å². The summed E-state index contributed by atoms with van der Waals surface area (Å²) in [4.78, 5) is 13.1. The highest BCUT2D eigenvalue weighted by molar-refractivity contribution is 6.35. The third kappa shape index (κ3) is 6.18. The summed E-state index contributed by atoms with van der Waals surface area (Å²) in [5, 5.41) is 8.61. The largest absolute Gasteiger partial charge is 0.493 e. The van der Waals surface area contributed by atoms with E-state index in [2.05, 4.69) is 10.4 Å². The first-order valence-corrected chi connectivity index (χ1v) is 12.3. The zero-order chi connectivity index (χ0) is 26.5. The van der Waals surface area contributed by atoms with Gasteiger partial charge >= 0.3 is 0 Å². The van der Waals surface area contributed by atoms with Crippen LogP contribution in [0.15, 0.2) is 60.7 Å². The van der Waals surface area contributed by atoms with Crippen molar-refractivity contribution in [1.29, 1.82) is 0 Å². The summed E-state index contributed by atoms with van der Waals surface area (Å²) < 4.78 is 18.4. The van der Waals surface area contributed by atoms with Gasteiger partial charge in [0, 0.05) is 10.6 Å². The number of rotatable bonds is 9. The fraction of sp³-hybridized carbons (Fsp3) is 0.214. The Balaban J connectivity index is 1.46. The van der Waals surface area contributed by atoms with Crippen molar-refractivity contribution in [2.75, 3.05) is 19.5 Å². The zero-order valence-corrected chi connectivity index (χ0v) is 22.5. The van der Waals surface area contributed by atoms with Crippen molar-refractivity contribution >= 4 is 34.8 Å². The van der Waals surface area contributed by atoms with E-state index in [0.29, 0.717) is 45.1 Å². The van der Waals surface area contributed by atoms with Crippen LogP contribution in [-0.2, 0) is 13.2 Å². The minimum Gasteiger partial charge on any atom is -0.493 e. The molecule has 1 heterocycles. The molecule has 0 bridgehead atoms. The van der Waals surface area contributed by atoms with Gasteiger partial charge in [-0.25, -0.2) is 0 Å². The van der Waals surface area contributed by atoms with E-state index in [9.17, 15) is 4.79 Å². The van der Waals surface area contributed by atoms with Crippen LogP contribution in [0.2, 0.25) is 10.0 Å². The summed E-state index contributed by atoms with van der Waals surface area (Å²) in [5.41, 5.74) is 4.58. The predicted molar refractivity (Wildman–Crippen MR) is 146 cm³/mol. The second-order valence-electron chi connectivity index (χ2n) is 8.41. The summed E-state index contributed by atoms with van der Waals surface area (Å²) in [6.45, 7) is 4.57. The number of aromatic nitrogens is 2. The fourth-order valence-corrected chi connectivity index (χ4v) is 4.39. The molecule has 192 valence electrons. The maximum absolute atomic E-state index is 13.1. The molecule has 1 amide bonds. The number of aryl methyl sites for hydroxylation is 1. The average molecular weight is 540 g/mol. The molecule has 0 spiro atoms. The molecule has 1 aromatic heterocycles. The van der Waals surface area contributed by atoms with Gasteiger partial charge < -0.3 is 19.5 Å². The summed E-state index contributed by atoms with van der Waals surface area (Å²) >= 11 is 12.1. The number of methoxy groups -OCH3 is 2. The van der Waals surface area contributed by atoms with Crippen molar-refractivity contribution in [2.24, 2.45) is 0 Å². The number of carbonyl (C=O) groups excluding carboxylic acids is 1. The predicted octanol–water partition coefficient (Wildman–Crippen LogP) is 6.70. The topological polar surface area (TPSA) is 74.6 Å². The standard InChI is InChI=1S/C28H27Cl2N3O4/c1-17-27(18(2)33(32-17)15-19-8-10-25(35-3)26(13-19)36-4)31-28(34)21-7-5-6-20(12-21)16-37-24-11-9-22(29)14-23(24)30/h5-14H,15-16H2,1-4H3,(H,31,34). The number of hydrogen-bond acceptors (Lipinski definition) is 5. The van der Waals surface area contributed by atoms with E-state index >= 15 is 0 Å². The Morgan fingerprint density at radius 1 is 0.919 bits per heavy atom. The fourth-order valence-electron chi connectivity index (χ4n) is 3.93. The molecule has 0 aliphatic heterocycles. The number of carbonyl (C=O) groups is 1. The molecule has 0 saturated heterocycles. The number of nitrogens with zero attached hydrogens (tertiary/aromatic N) is 2. The van der Waals surface area contributed by atoms with Gasteiger partial charge in [0.1, 0.15) is 12.4 Å². The first-order valence-electron chi connectivity index (χ1n) is 11.5. The molecule has 0 radical (unpaired) electrons. The van der Waals surface area contributed by atoms with Crippen molar-refractivity contribution in [3.05, 3.63) is 98.8 Å². The molecule has 7 nitrogen and oxygen atoms in total. The second-order valence-corrected chi connectivity index (χ2v) is 9.25. The van der Waals surface area contributed by atoms with Gasteiger partial charge in [-0.1, -0.05) is 41.4 Å². The van der Waals surface area contributed by atoms with Crippen molar-refractivity contribution in [3.63, 3.8) is 0 Å². The molecule has 9 heteroatoms. The lowest BCUT2D eigenvalue weighted by Gasteiger charge is -2.11. The molecule has 3 aromatic carbocycles. The van der Waals surface area contributed by atoms with Gasteiger partial charge in [-0.15, -0.1) is 0 Å². The van der Waals surface area contributed by atoms with Gasteiger partial charge in [0.2, 0.25) is 0 Å². The highest BCUT2D eigenvalue weighted by Crippen LogP contribution is 2.30. The van der Waals surface area contributed by atoms with Crippen LogP contribution in [0, 0.1) is 13.8 Å². The number of ether oxygens (including phenoxy) is 3. The van der Waals surface area contributed by atoms with Crippen LogP contribution in [-0.4, -0.2) is 29.9 Å². The van der Waals surface area contributed by atoms with E-state index < -0.39 is 0 Å². The maximum atomic E-state index is 13.1. The molecular weight excluding hydrogens is 513 g/mol. The van der Waals surface area contributed by atoms with E-state index in [1.165, 1.54) is 0 Å². The molecule has 37 heavy (non-hydrogen) atoms.